The number of benzene rings is 2. The smallest absolute Gasteiger partial charge is 0.396 e. The summed E-state index contributed by atoms with van der Waals surface area (Å²) < 4.78 is 5.10. The molecule has 0 unspecified atom stereocenters. The molecule has 0 aliphatic heterocycles. The average Bonchev–Trinajstić information content (AvgIpc) is 2.61. The van der Waals surface area contributed by atoms with E-state index >= 15 is 0 Å². The van der Waals surface area contributed by atoms with E-state index < -0.39 is 11.9 Å². The lowest BCUT2D eigenvalue weighted by Gasteiger charge is -2.06. The Morgan fingerprint density at radius 1 is 1.04 bits per heavy atom. The van der Waals surface area contributed by atoms with Crippen LogP contribution in [0.4, 0.5) is 5.69 Å². The number of esters is 1. The molecule has 3 rings (SSSR count). The molecular weight excluding hydrogens is 326 g/mol. The maximum absolute atomic E-state index is 12.3. The van der Waals surface area contributed by atoms with Gasteiger partial charge in [-0.15, -0.1) is 11.3 Å². The van der Waals surface area contributed by atoms with Crippen molar-refractivity contribution in [2.24, 2.45) is 0 Å². The molecule has 5 nitrogen and oxygen atoms in total. The second-order valence-corrected chi connectivity index (χ2v) is 6.08. The van der Waals surface area contributed by atoms with Gasteiger partial charge in [-0.1, -0.05) is 30.3 Å². The normalized spacial score (nSPS) is 10.4. The van der Waals surface area contributed by atoms with E-state index in [4.69, 9.17) is 0 Å². The maximum Gasteiger partial charge on any atom is 0.396 e. The molecule has 0 aliphatic carbocycles. The first-order valence-corrected chi connectivity index (χ1v) is 7.93. The van der Waals surface area contributed by atoms with Gasteiger partial charge in [-0.3, -0.25) is 9.59 Å². The van der Waals surface area contributed by atoms with Crippen molar-refractivity contribution in [1.82, 2.24) is 0 Å². The number of rotatable bonds is 2. The highest BCUT2D eigenvalue weighted by Gasteiger charge is 2.14. The summed E-state index contributed by atoms with van der Waals surface area (Å²) in [4.78, 5) is 35.9. The molecule has 0 saturated heterocycles. The van der Waals surface area contributed by atoms with E-state index in [-0.39, 0.29) is 5.43 Å². The zero-order valence-electron chi connectivity index (χ0n) is 12.7. The number of carbonyl (C=O) groups is 2. The number of hydrogen-bond donors (Lipinski definition) is 1. The highest BCUT2D eigenvalue weighted by Crippen LogP contribution is 2.29. The maximum atomic E-state index is 12.3. The average molecular weight is 339 g/mol. The van der Waals surface area contributed by atoms with Gasteiger partial charge in [0.25, 0.3) is 0 Å². The van der Waals surface area contributed by atoms with Crippen LogP contribution in [0.3, 0.4) is 0 Å². The lowest BCUT2D eigenvalue weighted by atomic mass is 10.1. The zero-order chi connectivity index (χ0) is 17.1. The first-order valence-electron chi connectivity index (χ1n) is 7.11. The van der Waals surface area contributed by atoms with E-state index in [2.05, 4.69) is 10.1 Å². The first kappa shape index (κ1) is 15.9. The second kappa shape index (κ2) is 6.64. The summed E-state index contributed by atoms with van der Waals surface area (Å²) in [5.74, 6) is -1.83. The summed E-state index contributed by atoms with van der Waals surface area (Å²) >= 11 is 1.44. The molecule has 24 heavy (non-hydrogen) atoms. The van der Waals surface area contributed by atoms with Crippen LogP contribution in [0.25, 0.3) is 20.5 Å². The quantitative estimate of drug-likeness (QED) is 0.575. The Balaban J connectivity index is 2.03. The molecule has 1 N–H and O–H groups in total. The van der Waals surface area contributed by atoms with E-state index in [0.717, 1.165) is 22.3 Å². The fraction of sp³-hybridized carbons (Fsp3) is 0.0556. The molecule has 1 aromatic heterocycles. The van der Waals surface area contributed by atoms with Gasteiger partial charge >= 0.3 is 11.9 Å². The lowest BCUT2D eigenvalue weighted by Crippen LogP contribution is -2.23. The molecule has 120 valence electrons. The molecule has 0 bridgehead atoms. The third-order valence-electron chi connectivity index (χ3n) is 3.42. The molecule has 3 aromatic rings. The predicted molar refractivity (Wildman–Crippen MR) is 94.2 cm³/mol. The van der Waals surface area contributed by atoms with Crippen LogP contribution in [-0.4, -0.2) is 19.0 Å². The molecule has 0 radical (unpaired) electrons. The van der Waals surface area contributed by atoms with Crippen LogP contribution in [0.15, 0.2) is 59.4 Å². The molecule has 1 heterocycles. The monoisotopic (exact) mass is 339 g/mol. The standard InChI is InChI=1S/C18H13NO4S/c1-23-18(22)17(21)19-12-7-8-13-14(20)10-15(24-16(13)9-12)11-5-3-2-4-6-11/h2-10H,1H3,(H,19,21). The molecule has 2 aromatic carbocycles. The highest BCUT2D eigenvalue weighted by atomic mass is 32.1. The van der Waals surface area contributed by atoms with E-state index in [1.54, 1.807) is 24.3 Å². The third kappa shape index (κ3) is 3.18. The van der Waals surface area contributed by atoms with Crippen LogP contribution in [0.2, 0.25) is 0 Å². The van der Waals surface area contributed by atoms with Crippen LogP contribution in [0.5, 0.6) is 0 Å². The second-order valence-electron chi connectivity index (χ2n) is 5.00. The van der Waals surface area contributed by atoms with Crippen molar-refractivity contribution in [2.45, 2.75) is 0 Å². The molecule has 0 aliphatic rings. The Bertz CT molecular complexity index is 979. The highest BCUT2D eigenvalue weighted by molar-refractivity contribution is 7.21. The van der Waals surface area contributed by atoms with Crippen molar-refractivity contribution in [3.8, 4) is 10.4 Å². The number of anilines is 1. The minimum absolute atomic E-state index is 0.0894. The summed E-state index contributed by atoms with van der Waals surface area (Å²) in [7, 11) is 1.14. The minimum Gasteiger partial charge on any atom is -0.462 e. The van der Waals surface area contributed by atoms with E-state index in [1.807, 2.05) is 30.3 Å². The molecule has 0 saturated carbocycles. The van der Waals surface area contributed by atoms with Crippen LogP contribution in [-0.2, 0) is 14.3 Å². The Kier molecular flexibility index (Phi) is 4.39. The van der Waals surface area contributed by atoms with Crippen LogP contribution < -0.4 is 10.7 Å². The number of fused-ring (bicyclic) bond motifs is 1. The molecule has 1 amide bonds. The van der Waals surface area contributed by atoms with Gasteiger partial charge in [-0.25, -0.2) is 4.79 Å². The van der Waals surface area contributed by atoms with Gasteiger partial charge in [0.05, 0.1) is 7.11 Å². The number of nitrogens with one attached hydrogen (secondary N) is 1. The summed E-state index contributed by atoms with van der Waals surface area (Å²) in [6.45, 7) is 0. The Morgan fingerprint density at radius 3 is 2.50 bits per heavy atom. The summed E-state index contributed by atoms with van der Waals surface area (Å²) in [5.41, 5.74) is 1.29. The van der Waals surface area contributed by atoms with Gasteiger partial charge in [0.15, 0.2) is 5.43 Å². The van der Waals surface area contributed by atoms with Crippen molar-refractivity contribution in [3.05, 3.63) is 64.8 Å². The van der Waals surface area contributed by atoms with Crippen molar-refractivity contribution >= 4 is 39.0 Å². The lowest BCUT2D eigenvalue weighted by molar-refractivity contribution is -0.150. The van der Waals surface area contributed by atoms with Gasteiger partial charge < -0.3 is 10.1 Å². The van der Waals surface area contributed by atoms with Gasteiger partial charge in [0.1, 0.15) is 0 Å². The number of hydrogen-bond acceptors (Lipinski definition) is 5. The van der Waals surface area contributed by atoms with Crippen molar-refractivity contribution in [2.75, 3.05) is 12.4 Å². The fourth-order valence-electron chi connectivity index (χ4n) is 2.25. The van der Waals surface area contributed by atoms with Crippen molar-refractivity contribution < 1.29 is 14.3 Å². The molecule has 0 fully saturated rings. The zero-order valence-corrected chi connectivity index (χ0v) is 13.6. The van der Waals surface area contributed by atoms with Gasteiger partial charge in [0.2, 0.25) is 0 Å². The van der Waals surface area contributed by atoms with Crippen LogP contribution >= 0.6 is 11.3 Å². The van der Waals surface area contributed by atoms with Gasteiger partial charge in [-0.05, 0) is 23.8 Å². The number of amides is 1. The Hall–Kier alpha value is -2.99. The largest absolute Gasteiger partial charge is 0.462 e. The molecule has 0 atom stereocenters. The summed E-state index contributed by atoms with van der Waals surface area (Å²) in [6.07, 6.45) is 0. The topological polar surface area (TPSA) is 72.5 Å². The van der Waals surface area contributed by atoms with Crippen LogP contribution in [0.1, 0.15) is 0 Å². The van der Waals surface area contributed by atoms with Crippen molar-refractivity contribution in [3.63, 3.8) is 0 Å². The predicted octanol–water partition coefficient (Wildman–Crippen LogP) is 3.04. The first-order chi connectivity index (χ1) is 11.6. The minimum atomic E-state index is -0.971. The number of carbonyl (C=O) groups excluding carboxylic acids is 2. The van der Waals surface area contributed by atoms with E-state index in [0.29, 0.717) is 11.1 Å². The van der Waals surface area contributed by atoms with E-state index in [1.165, 1.54) is 11.3 Å². The Morgan fingerprint density at radius 2 is 1.79 bits per heavy atom. The molecule has 0 spiro atoms. The van der Waals surface area contributed by atoms with E-state index in [9.17, 15) is 14.4 Å². The SMILES string of the molecule is COC(=O)C(=O)Nc1ccc2c(=O)cc(-c3ccccc3)sc2c1. The van der Waals surface area contributed by atoms with Crippen molar-refractivity contribution in [1.29, 1.82) is 0 Å². The summed E-state index contributed by atoms with van der Waals surface area (Å²) in [6, 6.07) is 16.1. The summed E-state index contributed by atoms with van der Waals surface area (Å²) in [5, 5.41) is 3.02. The van der Waals surface area contributed by atoms with Crippen LogP contribution in [0, 0.1) is 0 Å². The third-order valence-corrected chi connectivity index (χ3v) is 4.55. The fourth-order valence-corrected chi connectivity index (χ4v) is 3.37. The molecule has 6 heteroatoms. The molecular formula is C18H13NO4S. The van der Waals surface area contributed by atoms with Gasteiger partial charge in [0, 0.05) is 26.7 Å². The number of methoxy groups -OCH3 is 1. The van der Waals surface area contributed by atoms with Gasteiger partial charge in [-0.2, -0.15) is 0 Å². The Labute approximate surface area is 141 Å². The number of ether oxygens (including phenoxy) is 1.